The zero-order chi connectivity index (χ0) is 4.50. The van der Waals surface area contributed by atoms with Crippen LogP contribution in [0, 0.1) is 38.6 Å². The maximum absolute atomic E-state index is 8.55. The van der Waals surface area contributed by atoms with Crippen LogP contribution in [-0.4, -0.2) is 0 Å². The van der Waals surface area contributed by atoms with Crippen LogP contribution in [0.15, 0.2) is 0 Å². The summed E-state index contributed by atoms with van der Waals surface area (Å²) < 4.78 is 8.55. The van der Waals surface area contributed by atoms with Crippen molar-refractivity contribution in [2.75, 3.05) is 0 Å². The van der Waals surface area contributed by atoms with Crippen LogP contribution in [0.5, 0.6) is 0 Å². The average molecular weight is 254 g/mol. The molecule has 0 saturated heterocycles. The third-order valence-corrected chi connectivity index (χ3v) is 0. The van der Waals surface area contributed by atoms with Crippen molar-refractivity contribution < 1.29 is 57.9 Å². The molecule has 0 rings (SSSR count). The van der Waals surface area contributed by atoms with Crippen molar-refractivity contribution >= 4 is 7.82 Å². The summed E-state index contributed by atoms with van der Waals surface area (Å²) in [6.45, 7) is 0. The molecule has 6 heteroatoms. The van der Waals surface area contributed by atoms with Crippen LogP contribution in [0.3, 0.4) is 0 Å². The molecular weight excluding hydrogens is 254 g/mol. The molecule has 0 spiro atoms. The molecule has 4 nitrogen and oxygen atoms in total. The summed E-state index contributed by atoms with van der Waals surface area (Å²) in [6.07, 6.45) is 0. The summed E-state index contributed by atoms with van der Waals surface area (Å²) in [5.74, 6) is 0. The van der Waals surface area contributed by atoms with E-state index in [4.69, 9.17) is 19.2 Å². The van der Waals surface area contributed by atoms with Gasteiger partial charge in [0.1, 0.15) is 0 Å². The molecule has 0 aromatic heterocycles. The van der Waals surface area contributed by atoms with Crippen molar-refractivity contribution in [2.45, 2.75) is 0 Å². The van der Waals surface area contributed by atoms with Crippen molar-refractivity contribution in [3.63, 3.8) is 0 Å². The molecule has 0 heterocycles. The van der Waals surface area contributed by atoms with E-state index in [9.17, 15) is 0 Å². The van der Waals surface area contributed by atoms with Crippen molar-refractivity contribution in [1.29, 1.82) is 0 Å². The third kappa shape index (κ3) is 53.5. The summed E-state index contributed by atoms with van der Waals surface area (Å²) in [6, 6.07) is 0. The van der Waals surface area contributed by atoms with Gasteiger partial charge in [0.15, 0.2) is 0 Å². The van der Waals surface area contributed by atoms with E-state index >= 15 is 0 Å². The van der Waals surface area contributed by atoms with E-state index in [1.807, 2.05) is 0 Å². The average Bonchev–Trinajstić information content (AvgIpc) is 0.722. The van der Waals surface area contributed by atoms with E-state index in [-0.39, 0.29) is 38.6 Å². The van der Waals surface area contributed by atoms with Gasteiger partial charge in [-0.05, 0) is 0 Å². The molecule has 0 saturated carbocycles. The van der Waals surface area contributed by atoms with E-state index in [0.29, 0.717) is 0 Å². The minimum atomic E-state index is -5.39. The minimum Gasteiger partial charge on any atom is -0.822 e. The van der Waals surface area contributed by atoms with Crippen LogP contribution < -0.4 is 14.7 Å². The first-order chi connectivity index (χ1) is 2.00. The first-order valence-corrected chi connectivity index (χ1v) is 2.19. The van der Waals surface area contributed by atoms with Gasteiger partial charge in [0, 0.05) is 38.6 Å². The molecule has 0 aromatic carbocycles. The fourth-order valence-corrected chi connectivity index (χ4v) is 0. The van der Waals surface area contributed by atoms with Gasteiger partial charge in [0.25, 0.3) is 0 Å². The Kier molecular flexibility index (Phi) is 5.90. The van der Waals surface area contributed by atoms with Crippen LogP contribution >= 0.6 is 7.82 Å². The monoisotopic (exact) mass is 254 g/mol. The van der Waals surface area contributed by atoms with E-state index in [1.165, 1.54) is 0 Å². The van der Waals surface area contributed by atoms with Crippen LogP contribution in [0.4, 0.5) is 0 Å². The van der Waals surface area contributed by atoms with Crippen molar-refractivity contribution in [2.24, 2.45) is 0 Å². The second kappa shape index (κ2) is 3.40. The first kappa shape index (κ1) is 10.4. The second-order valence-corrected chi connectivity index (χ2v) is 1.34. The Morgan fingerprint density at radius 1 is 1.17 bits per heavy atom. The summed E-state index contributed by atoms with van der Waals surface area (Å²) >= 11 is 0. The molecule has 0 aromatic rings. The Bertz CT molecular complexity index is 53.7. The van der Waals surface area contributed by atoms with Gasteiger partial charge in [-0.1, -0.05) is 0 Å². The van der Waals surface area contributed by atoms with E-state index < -0.39 is 7.82 Å². The minimum absolute atomic E-state index is 0. The molecule has 0 aliphatic rings. The summed E-state index contributed by atoms with van der Waals surface area (Å²) in [5, 5.41) is 0. The van der Waals surface area contributed by atoms with Crippen LogP contribution in [0.1, 0.15) is 0 Å². The largest absolute Gasteiger partial charge is 0.822 e. The number of hydrogen-bond donors (Lipinski definition) is 0. The first-order valence-electron chi connectivity index (χ1n) is 0.730. The van der Waals surface area contributed by atoms with E-state index in [0.717, 1.165) is 0 Å². The molecule has 41 valence electrons. The summed E-state index contributed by atoms with van der Waals surface area (Å²) in [5.41, 5.74) is 0. The topological polar surface area (TPSA) is 86.2 Å². The second-order valence-electron chi connectivity index (χ2n) is 0.447. The van der Waals surface area contributed by atoms with Gasteiger partial charge in [0.2, 0.25) is 0 Å². The van der Waals surface area contributed by atoms with Gasteiger partial charge in [-0.15, -0.1) is 0 Å². The predicted octanol–water partition coefficient (Wildman–Crippen LogP) is -2.82. The van der Waals surface area contributed by atoms with Gasteiger partial charge in [0.05, 0.1) is 0 Å². The van der Waals surface area contributed by atoms with Gasteiger partial charge in [-0.2, -0.15) is 7.82 Å². The molecule has 6 heavy (non-hydrogen) atoms. The normalized spacial score (nSPS) is 9.83. The van der Waals surface area contributed by atoms with E-state index in [2.05, 4.69) is 0 Å². The van der Waals surface area contributed by atoms with Gasteiger partial charge >= 0.3 is 0 Å². The Hall–Kier alpha value is 1.40. The molecule has 1 radical (unpaired) electrons. The smallest absolute Gasteiger partial charge is 0 e. The maximum Gasteiger partial charge on any atom is 0 e. The van der Waals surface area contributed by atoms with Crippen LogP contribution in [-0.2, 0) is 4.57 Å². The molecule has 0 fully saturated rings. The van der Waals surface area contributed by atoms with E-state index in [1.54, 1.807) is 0 Å². The standard InChI is InChI=1S/H3O4P.Tb/c1-5(2,3)4;/h(H3,1,2,3,4);/p-3. The maximum atomic E-state index is 8.55. The Morgan fingerprint density at radius 3 is 1.17 bits per heavy atom. The third-order valence-electron chi connectivity index (χ3n) is 0. The fraction of sp³-hybridized carbons (Fsp3) is 0. The Labute approximate surface area is 65.2 Å². The number of hydrogen-bond acceptors (Lipinski definition) is 4. The number of rotatable bonds is 0. The molecule has 0 N–H and O–H groups in total. The molecule has 0 amide bonds. The molecule has 0 aliphatic carbocycles. The summed E-state index contributed by atoms with van der Waals surface area (Å²) in [7, 11) is -5.39. The zero-order valence-electron chi connectivity index (χ0n) is 2.41. The predicted molar refractivity (Wildman–Crippen MR) is 7.61 cm³/mol. The van der Waals surface area contributed by atoms with Gasteiger partial charge < -0.3 is 19.2 Å². The molecule has 0 aliphatic heterocycles. The van der Waals surface area contributed by atoms with Gasteiger partial charge in [-0.25, -0.2) is 0 Å². The van der Waals surface area contributed by atoms with Crippen LogP contribution in [0.25, 0.3) is 0 Å². The zero-order valence-corrected chi connectivity index (χ0v) is 5.45. The van der Waals surface area contributed by atoms with Crippen molar-refractivity contribution in [1.82, 2.24) is 0 Å². The SMILES string of the molecule is O=P([O-])([O-])[O-].[Tb]. The summed E-state index contributed by atoms with van der Waals surface area (Å²) in [4.78, 5) is 25.6. The van der Waals surface area contributed by atoms with Crippen LogP contribution in [0.2, 0.25) is 0 Å². The number of phosphoric acid groups is 1. The Morgan fingerprint density at radius 2 is 1.17 bits per heavy atom. The Balaban J connectivity index is 0. The molecule has 0 bridgehead atoms. The molecule has 0 unspecified atom stereocenters. The quantitative estimate of drug-likeness (QED) is 0.436. The van der Waals surface area contributed by atoms with Gasteiger partial charge in [-0.3, -0.25) is 0 Å². The molecular formula is O4PTb-3. The van der Waals surface area contributed by atoms with Crippen molar-refractivity contribution in [3.8, 4) is 0 Å². The van der Waals surface area contributed by atoms with Crippen molar-refractivity contribution in [3.05, 3.63) is 0 Å². The fourth-order valence-electron chi connectivity index (χ4n) is 0. The molecule has 0 atom stereocenters.